The summed E-state index contributed by atoms with van der Waals surface area (Å²) in [6.45, 7) is 8.74. The van der Waals surface area contributed by atoms with Gasteiger partial charge in [0.25, 0.3) is 5.19 Å². The van der Waals surface area contributed by atoms with E-state index in [0.29, 0.717) is 17.8 Å². The van der Waals surface area contributed by atoms with E-state index in [-0.39, 0.29) is 0 Å². The molecule has 3 rings (SSSR count). The molecule has 2 aromatic rings. The first kappa shape index (κ1) is 14.7. The molecule has 1 atom stereocenters. The van der Waals surface area contributed by atoms with E-state index in [4.69, 9.17) is 4.74 Å². The summed E-state index contributed by atoms with van der Waals surface area (Å²) in [7, 11) is 0. The monoisotopic (exact) mass is 325 g/mol. The lowest BCUT2D eigenvalue weighted by Crippen LogP contribution is -2.51. The van der Waals surface area contributed by atoms with Crippen LogP contribution in [0.4, 0.5) is 5.13 Å². The second kappa shape index (κ2) is 6.67. The van der Waals surface area contributed by atoms with E-state index in [0.717, 1.165) is 36.3 Å². The van der Waals surface area contributed by atoms with E-state index < -0.39 is 0 Å². The normalized spacial score (nSPS) is 19.9. The highest BCUT2D eigenvalue weighted by atomic mass is 32.1. The lowest BCUT2D eigenvalue weighted by atomic mass is 10.2. The molecule has 2 aromatic heterocycles. The van der Waals surface area contributed by atoms with Crippen LogP contribution in [0.25, 0.3) is 0 Å². The van der Waals surface area contributed by atoms with E-state index in [1.165, 1.54) is 0 Å². The lowest BCUT2D eigenvalue weighted by Gasteiger charge is -2.39. The van der Waals surface area contributed by atoms with E-state index in [9.17, 15) is 0 Å². The number of aromatic nitrogens is 3. The second-order valence-electron chi connectivity index (χ2n) is 4.99. The summed E-state index contributed by atoms with van der Waals surface area (Å²) in [4.78, 5) is 9.22. The molecule has 8 heteroatoms. The molecule has 0 radical (unpaired) electrons. The first-order valence-electron chi connectivity index (χ1n) is 7.10. The van der Waals surface area contributed by atoms with Gasteiger partial charge in [-0.2, -0.15) is 0 Å². The van der Waals surface area contributed by atoms with Crippen LogP contribution in [0, 0.1) is 0 Å². The van der Waals surface area contributed by atoms with Crippen molar-refractivity contribution >= 4 is 27.8 Å². The Morgan fingerprint density at radius 2 is 2.29 bits per heavy atom. The highest BCUT2D eigenvalue weighted by molar-refractivity contribution is 7.13. The number of hydrogen-bond donors (Lipinski definition) is 0. The zero-order valence-corrected chi connectivity index (χ0v) is 13.9. The molecule has 0 spiro atoms. The number of nitrogens with zero attached hydrogens (tertiary/aromatic N) is 5. The highest BCUT2D eigenvalue weighted by Crippen LogP contribution is 2.24. The molecule has 0 aromatic carbocycles. The van der Waals surface area contributed by atoms with Gasteiger partial charge in [-0.3, -0.25) is 4.90 Å². The zero-order chi connectivity index (χ0) is 14.7. The fourth-order valence-electron chi connectivity index (χ4n) is 2.49. The fraction of sp³-hybridized carbons (Fsp3) is 0.615. The Hall–Kier alpha value is -1.25. The van der Waals surface area contributed by atoms with Gasteiger partial charge in [0.1, 0.15) is 5.01 Å². The molecule has 1 unspecified atom stereocenters. The van der Waals surface area contributed by atoms with Crippen LogP contribution < -0.4 is 9.64 Å². The highest BCUT2D eigenvalue weighted by Gasteiger charge is 2.25. The number of piperazine rings is 1. The predicted molar refractivity (Wildman–Crippen MR) is 85.3 cm³/mol. The summed E-state index contributed by atoms with van der Waals surface area (Å²) in [6.07, 6.45) is 1.87. The number of anilines is 1. The van der Waals surface area contributed by atoms with Crippen LogP contribution in [-0.2, 0) is 6.54 Å². The number of rotatable bonds is 5. The van der Waals surface area contributed by atoms with Crippen LogP contribution in [0.5, 0.6) is 5.19 Å². The average Bonchev–Trinajstić information content (AvgIpc) is 3.11. The molecule has 0 aliphatic carbocycles. The molecule has 0 amide bonds. The lowest BCUT2D eigenvalue weighted by molar-refractivity contribution is 0.220. The van der Waals surface area contributed by atoms with E-state index in [2.05, 4.69) is 31.9 Å². The predicted octanol–water partition coefficient (Wildman–Crippen LogP) is 2.10. The van der Waals surface area contributed by atoms with Crippen molar-refractivity contribution < 1.29 is 4.74 Å². The van der Waals surface area contributed by atoms with Crippen molar-refractivity contribution in [1.29, 1.82) is 0 Å². The van der Waals surface area contributed by atoms with Crippen molar-refractivity contribution in [2.24, 2.45) is 0 Å². The van der Waals surface area contributed by atoms with Crippen molar-refractivity contribution in [2.75, 3.05) is 31.1 Å². The molecule has 0 saturated carbocycles. The minimum atomic E-state index is 0.462. The summed E-state index contributed by atoms with van der Waals surface area (Å²) in [6, 6.07) is 0.462. The molecular weight excluding hydrogens is 306 g/mol. The van der Waals surface area contributed by atoms with E-state index in [1.807, 2.05) is 18.5 Å². The van der Waals surface area contributed by atoms with E-state index in [1.54, 1.807) is 22.7 Å². The first-order chi connectivity index (χ1) is 10.3. The van der Waals surface area contributed by atoms with Crippen molar-refractivity contribution in [3.05, 3.63) is 16.6 Å². The molecule has 1 aliphatic rings. The van der Waals surface area contributed by atoms with Crippen LogP contribution in [0.2, 0.25) is 0 Å². The zero-order valence-electron chi connectivity index (χ0n) is 12.2. The Bertz CT molecular complexity index is 559. The Balaban J connectivity index is 1.56. The summed E-state index contributed by atoms with van der Waals surface area (Å²) in [5.41, 5.74) is 0. The Morgan fingerprint density at radius 3 is 3.00 bits per heavy atom. The van der Waals surface area contributed by atoms with Crippen LogP contribution in [0.1, 0.15) is 18.9 Å². The summed E-state index contributed by atoms with van der Waals surface area (Å²) in [5.74, 6) is 0. The molecule has 114 valence electrons. The molecule has 0 bridgehead atoms. The quantitative estimate of drug-likeness (QED) is 0.839. The van der Waals surface area contributed by atoms with Crippen LogP contribution in [0.15, 0.2) is 11.6 Å². The summed E-state index contributed by atoms with van der Waals surface area (Å²) >= 11 is 3.25. The molecule has 1 saturated heterocycles. The molecule has 21 heavy (non-hydrogen) atoms. The third kappa shape index (κ3) is 3.50. The Kier molecular flexibility index (Phi) is 4.67. The Morgan fingerprint density at radius 1 is 1.38 bits per heavy atom. The van der Waals surface area contributed by atoms with Crippen molar-refractivity contribution in [3.63, 3.8) is 0 Å². The minimum absolute atomic E-state index is 0.462. The van der Waals surface area contributed by atoms with Gasteiger partial charge in [-0.1, -0.05) is 11.3 Å². The third-order valence-corrected chi connectivity index (χ3v) is 5.08. The molecule has 1 aliphatic heterocycles. The van der Waals surface area contributed by atoms with Gasteiger partial charge in [0.2, 0.25) is 0 Å². The van der Waals surface area contributed by atoms with Gasteiger partial charge >= 0.3 is 0 Å². The van der Waals surface area contributed by atoms with Gasteiger partial charge in [-0.05, 0) is 13.8 Å². The van der Waals surface area contributed by atoms with Gasteiger partial charge < -0.3 is 9.64 Å². The standard InChI is InChI=1S/C13H19N5OS2/c1-3-19-13-16-15-11(21-13)9-17-5-6-18(10(2)8-17)12-14-4-7-20-12/h4,7,10H,3,5-6,8-9H2,1-2H3. The Labute approximate surface area is 132 Å². The van der Waals surface area contributed by atoms with Gasteiger partial charge in [-0.15, -0.1) is 21.5 Å². The third-order valence-electron chi connectivity index (χ3n) is 3.45. The SMILES string of the molecule is CCOc1nnc(CN2CCN(c3nccs3)C(C)C2)s1. The second-order valence-corrected chi connectivity index (χ2v) is 6.88. The smallest absolute Gasteiger partial charge is 0.294 e. The topological polar surface area (TPSA) is 54.4 Å². The minimum Gasteiger partial charge on any atom is -0.469 e. The van der Waals surface area contributed by atoms with Crippen molar-refractivity contribution in [2.45, 2.75) is 26.4 Å². The first-order valence-corrected chi connectivity index (χ1v) is 8.79. The number of thiazole rings is 1. The number of hydrogen-bond acceptors (Lipinski definition) is 8. The van der Waals surface area contributed by atoms with Crippen LogP contribution in [0.3, 0.4) is 0 Å². The van der Waals surface area contributed by atoms with Crippen LogP contribution in [-0.4, -0.2) is 52.4 Å². The maximum atomic E-state index is 5.37. The summed E-state index contributed by atoms with van der Waals surface area (Å²) in [5, 5.41) is 13.1. The summed E-state index contributed by atoms with van der Waals surface area (Å²) < 4.78 is 5.37. The average molecular weight is 325 g/mol. The molecule has 3 heterocycles. The maximum Gasteiger partial charge on any atom is 0.294 e. The maximum absolute atomic E-state index is 5.37. The number of ether oxygens (including phenoxy) is 1. The largest absolute Gasteiger partial charge is 0.469 e. The molecule has 0 N–H and O–H groups in total. The molecular formula is C13H19N5OS2. The van der Waals surface area contributed by atoms with Crippen molar-refractivity contribution in [3.8, 4) is 5.19 Å². The van der Waals surface area contributed by atoms with Crippen molar-refractivity contribution in [1.82, 2.24) is 20.1 Å². The molecule has 6 nitrogen and oxygen atoms in total. The van der Waals surface area contributed by atoms with Crippen LogP contribution >= 0.6 is 22.7 Å². The van der Waals surface area contributed by atoms with Gasteiger partial charge in [-0.25, -0.2) is 4.98 Å². The van der Waals surface area contributed by atoms with Gasteiger partial charge in [0.15, 0.2) is 5.13 Å². The van der Waals surface area contributed by atoms with Gasteiger partial charge in [0.05, 0.1) is 13.2 Å². The molecule has 1 fully saturated rings. The van der Waals surface area contributed by atoms with E-state index >= 15 is 0 Å². The fourth-order valence-corrected chi connectivity index (χ4v) is 4.05. The van der Waals surface area contributed by atoms with Gasteiger partial charge in [0, 0.05) is 37.3 Å².